The molecule has 0 unspecified atom stereocenters. The lowest BCUT2D eigenvalue weighted by Gasteiger charge is -1.79. The number of carbonyl (C=O) groups is 1. The summed E-state index contributed by atoms with van der Waals surface area (Å²) in [5, 5.41) is 8.26. The largest absolute Gasteiger partial charge is 0.478 e. The molecule has 76 valence electrons. The molecule has 2 nitrogen and oxygen atoms in total. The first kappa shape index (κ1) is 12.4. The van der Waals surface area contributed by atoms with Crippen LogP contribution in [0.25, 0.3) is 0 Å². The summed E-state index contributed by atoms with van der Waals surface area (Å²) in [4.78, 5) is 10.1. The van der Waals surface area contributed by atoms with Crippen molar-refractivity contribution in [3.8, 4) is 0 Å². The second-order valence-electron chi connectivity index (χ2n) is 2.68. The van der Waals surface area contributed by atoms with E-state index in [1.165, 1.54) is 6.08 Å². The van der Waals surface area contributed by atoms with Crippen molar-refractivity contribution in [1.29, 1.82) is 0 Å². The number of hydrogen-bond acceptors (Lipinski definition) is 1. The molecule has 0 heterocycles. The van der Waals surface area contributed by atoms with Gasteiger partial charge in [0.05, 0.1) is 0 Å². The Balaban J connectivity index is 3.65. The maximum absolute atomic E-state index is 10.1. The standard InChI is InChI=1S/C12H16O2/c1-2-3-4-5-6-7-8-9-10-11-12(13)14/h4-11H,2-3H2,1H3,(H,13,14)/b5-4-,7-6+,9-8+,11-10+. The van der Waals surface area contributed by atoms with Gasteiger partial charge in [0, 0.05) is 6.08 Å². The third-order valence-electron chi connectivity index (χ3n) is 1.39. The van der Waals surface area contributed by atoms with E-state index in [0.29, 0.717) is 0 Å². The molecular formula is C12H16O2. The zero-order chi connectivity index (χ0) is 10.6. The highest BCUT2D eigenvalue weighted by Crippen LogP contribution is 1.89. The molecule has 0 bridgehead atoms. The van der Waals surface area contributed by atoms with Crippen molar-refractivity contribution in [3.63, 3.8) is 0 Å². The number of hydrogen-bond donors (Lipinski definition) is 1. The fourth-order valence-corrected chi connectivity index (χ4v) is 0.736. The number of carboxylic acid groups (broad SMARTS) is 1. The Hall–Kier alpha value is -1.57. The van der Waals surface area contributed by atoms with E-state index >= 15 is 0 Å². The number of unbranched alkanes of at least 4 members (excludes halogenated alkanes) is 1. The highest BCUT2D eigenvalue weighted by atomic mass is 16.4. The highest BCUT2D eigenvalue weighted by molar-refractivity contribution is 5.80. The van der Waals surface area contributed by atoms with Crippen LogP contribution in [0.2, 0.25) is 0 Å². The molecule has 0 aromatic rings. The molecule has 0 saturated heterocycles. The first-order valence-electron chi connectivity index (χ1n) is 4.67. The van der Waals surface area contributed by atoms with Crippen LogP contribution in [0.5, 0.6) is 0 Å². The molecule has 0 aromatic heterocycles. The van der Waals surface area contributed by atoms with Crippen LogP contribution in [-0.2, 0) is 4.79 Å². The van der Waals surface area contributed by atoms with Crippen molar-refractivity contribution in [1.82, 2.24) is 0 Å². The molecule has 2 heteroatoms. The second-order valence-corrected chi connectivity index (χ2v) is 2.68. The summed E-state index contributed by atoms with van der Waals surface area (Å²) in [5.41, 5.74) is 0. The SMILES string of the molecule is CCC\C=C/C=C/C=C/C=C/C(=O)O. The average molecular weight is 192 g/mol. The molecule has 0 aliphatic heterocycles. The van der Waals surface area contributed by atoms with E-state index in [9.17, 15) is 4.79 Å². The lowest BCUT2D eigenvalue weighted by Crippen LogP contribution is -1.84. The van der Waals surface area contributed by atoms with E-state index in [1.807, 2.05) is 18.2 Å². The van der Waals surface area contributed by atoms with Gasteiger partial charge in [-0.3, -0.25) is 0 Å². The van der Waals surface area contributed by atoms with E-state index < -0.39 is 5.97 Å². The smallest absolute Gasteiger partial charge is 0.328 e. The fraction of sp³-hybridized carbons (Fsp3) is 0.250. The summed E-state index contributed by atoms with van der Waals surface area (Å²) < 4.78 is 0. The predicted molar refractivity (Wildman–Crippen MR) is 59.1 cm³/mol. The fourth-order valence-electron chi connectivity index (χ4n) is 0.736. The minimum atomic E-state index is -0.929. The van der Waals surface area contributed by atoms with Gasteiger partial charge in [0.15, 0.2) is 0 Å². The molecule has 0 radical (unpaired) electrons. The zero-order valence-corrected chi connectivity index (χ0v) is 8.39. The van der Waals surface area contributed by atoms with Crippen LogP contribution in [0.15, 0.2) is 48.6 Å². The maximum atomic E-state index is 10.1. The maximum Gasteiger partial charge on any atom is 0.328 e. The predicted octanol–water partition coefficient (Wildman–Crippen LogP) is 3.10. The molecule has 0 fully saturated rings. The summed E-state index contributed by atoms with van der Waals surface area (Å²) in [5.74, 6) is -0.929. The topological polar surface area (TPSA) is 37.3 Å². The molecule has 0 amide bonds. The van der Waals surface area contributed by atoms with E-state index in [2.05, 4.69) is 13.0 Å². The Kier molecular flexibility index (Phi) is 8.45. The third kappa shape index (κ3) is 10.4. The van der Waals surface area contributed by atoms with Crippen LogP contribution in [0.1, 0.15) is 19.8 Å². The molecule has 0 atom stereocenters. The monoisotopic (exact) mass is 192 g/mol. The lowest BCUT2D eigenvalue weighted by molar-refractivity contribution is -0.131. The van der Waals surface area contributed by atoms with Crippen LogP contribution in [0.3, 0.4) is 0 Å². The molecule has 0 aliphatic rings. The van der Waals surface area contributed by atoms with Gasteiger partial charge < -0.3 is 5.11 Å². The molecule has 0 aromatic carbocycles. The number of carboxylic acids is 1. The van der Waals surface area contributed by atoms with Crippen molar-refractivity contribution >= 4 is 5.97 Å². The van der Waals surface area contributed by atoms with Gasteiger partial charge in [0.1, 0.15) is 0 Å². The van der Waals surface area contributed by atoms with Gasteiger partial charge >= 0.3 is 5.97 Å². The molecule has 0 spiro atoms. The van der Waals surface area contributed by atoms with E-state index in [0.717, 1.165) is 18.9 Å². The molecule has 0 rings (SSSR count). The summed E-state index contributed by atoms with van der Waals surface area (Å²) >= 11 is 0. The van der Waals surface area contributed by atoms with Gasteiger partial charge in [-0.15, -0.1) is 0 Å². The first-order valence-corrected chi connectivity index (χ1v) is 4.67. The Morgan fingerprint density at radius 3 is 2.21 bits per heavy atom. The van der Waals surface area contributed by atoms with Crippen LogP contribution in [-0.4, -0.2) is 11.1 Å². The molecule has 0 aliphatic carbocycles. The zero-order valence-electron chi connectivity index (χ0n) is 8.39. The van der Waals surface area contributed by atoms with E-state index in [1.54, 1.807) is 12.2 Å². The summed E-state index contributed by atoms with van der Waals surface area (Å²) in [7, 11) is 0. The van der Waals surface area contributed by atoms with Gasteiger partial charge in [-0.1, -0.05) is 55.9 Å². The normalized spacial score (nSPS) is 12.6. The number of allylic oxidation sites excluding steroid dienone is 7. The first-order chi connectivity index (χ1) is 6.77. The van der Waals surface area contributed by atoms with Gasteiger partial charge in [0.25, 0.3) is 0 Å². The van der Waals surface area contributed by atoms with Crippen LogP contribution < -0.4 is 0 Å². The summed E-state index contributed by atoms with van der Waals surface area (Å²) in [6, 6.07) is 0. The van der Waals surface area contributed by atoms with Crippen molar-refractivity contribution in [3.05, 3.63) is 48.6 Å². The highest BCUT2D eigenvalue weighted by Gasteiger charge is 1.79. The van der Waals surface area contributed by atoms with E-state index in [4.69, 9.17) is 5.11 Å². The van der Waals surface area contributed by atoms with Crippen LogP contribution >= 0.6 is 0 Å². The average Bonchev–Trinajstić information content (AvgIpc) is 2.15. The van der Waals surface area contributed by atoms with Crippen LogP contribution in [0, 0.1) is 0 Å². The number of aliphatic carboxylic acids is 1. The second kappa shape index (κ2) is 9.52. The van der Waals surface area contributed by atoms with Gasteiger partial charge in [-0.2, -0.15) is 0 Å². The quantitative estimate of drug-likeness (QED) is 0.518. The van der Waals surface area contributed by atoms with Crippen molar-refractivity contribution in [2.45, 2.75) is 19.8 Å². The van der Waals surface area contributed by atoms with Gasteiger partial charge in [0.2, 0.25) is 0 Å². The Labute approximate surface area is 85.0 Å². The molecular weight excluding hydrogens is 176 g/mol. The molecule has 1 N–H and O–H groups in total. The molecule has 0 saturated carbocycles. The molecule has 14 heavy (non-hydrogen) atoms. The Morgan fingerprint density at radius 2 is 1.64 bits per heavy atom. The van der Waals surface area contributed by atoms with Gasteiger partial charge in [-0.25, -0.2) is 4.79 Å². The summed E-state index contributed by atoms with van der Waals surface area (Å²) in [6.07, 6.45) is 16.1. The third-order valence-corrected chi connectivity index (χ3v) is 1.39. The Bertz CT molecular complexity index is 257. The minimum absolute atomic E-state index is 0.929. The lowest BCUT2D eigenvalue weighted by atomic mass is 10.3. The van der Waals surface area contributed by atoms with Crippen molar-refractivity contribution in [2.75, 3.05) is 0 Å². The minimum Gasteiger partial charge on any atom is -0.478 e. The van der Waals surface area contributed by atoms with Crippen LogP contribution in [0.4, 0.5) is 0 Å². The van der Waals surface area contributed by atoms with Crippen molar-refractivity contribution in [2.24, 2.45) is 0 Å². The van der Waals surface area contributed by atoms with E-state index in [-0.39, 0.29) is 0 Å². The Morgan fingerprint density at radius 1 is 1.07 bits per heavy atom. The summed E-state index contributed by atoms with van der Waals surface area (Å²) in [6.45, 7) is 2.13. The van der Waals surface area contributed by atoms with Gasteiger partial charge in [-0.05, 0) is 6.42 Å². The number of rotatable bonds is 6. The van der Waals surface area contributed by atoms with Crippen molar-refractivity contribution < 1.29 is 9.90 Å².